The first-order valence-corrected chi connectivity index (χ1v) is 6.83. The van der Waals surface area contributed by atoms with Gasteiger partial charge in [-0.2, -0.15) is 0 Å². The van der Waals surface area contributed by atoms with E-state index in [0.717, 1.165) is 12.3 Å². The Kier molecular flexibility index (Phi) is 3.83. The molecule has 7 heteroatoms. The van der Waals surface area contributed by atoms with E-state index >= 15 is 0 Å². The molecule has 1 heterocycles. The zero-order valence-corrected chi connectivity index (χ0v) is 12.5. The molecule has 1 aromatic heterocycles. The molecule has 3 aromatic rings. The minimum atomic E-state index is -0.592. The molecule has 0 fully saturated rings. The van der Waals surface area contributed by atoms with Gasteiger partial charge in [0.05, 0.1) is 12.7 Å². The predicted molar refractivity (Wildman–Crippen MR) is 83.7 cm³/mol. The Labute approximate surface area is 135 Å². The molecular formula is C17H12O7. The number of phenols is 2. The predicted octanol–water partition coefficient (Wildman–Crippen LogP) is 2.78. The van der Waals surface area contributed by atoms with Crippen molar-refractivity contribution in [1.82, 2.24) is 0 Å². The van der Waals surface area contributed by atoms with Crippen molar-refractivity contribution in [1.29, 1.82) is 0 Å². The van der Waals surface area contributed by atoms with E-state index in [9.17, 15) is 19.8 Å². The standard InChI is InChI=1S/C17H12O7/c1-22-17(21)9-2-4-11(5-3-9)24-14-8-23-13-7-10(18)6-12(19)15(13)16(14)20/h2-8,18-19H,1H3. The van der Waals surface area contributed by atoms with Gasteiger partial charge in [-0.05, 0) is 24.3 Å². The number of phenolic OH excluding ortho intramolecular Hbond substituents is 2. The second-order valence-electron chi connectivity index (χ2n) is 4.89. The number of benzene rings is 2. The maximum absolute atomic E-state index is 12.4. The highest BCUT2D eigenvalue weighted by atomic mass is 16.5. The van der Waals surface area contributed by atoms with Crippen LogP contribution in [0.25, 0.3) is 11.0 Å². The third kappa shape index (κ3) is 2.74. The molecule has 2 N–H and O–H groups in total. The second-order valence-corrected chi connectivity index (χ2v) is 4.89. The van der Waals surface area contributed by atoms with Crippen LogP contribution in [0.15, 0.2) is 51.9 Å². The number of esters is 1. The van der Waals surface area contributed by atoms with Crippen molar-refractivity contribution in [3.63, 3.8) is 0 Å². The summed E-state index contributed by atoms with van der Waals surface area (Å²) in [4.78, 5) is 23.8. The minimum absolute atomic E-state index is 0.0332. The molecule has 0 spiro atoms. The summed E-state index contributed by atoms with van der Waals surface area (Å²) >= 11 is 0. The van der Waals surface area contributed by atoms with E-state index < -0.39 is 17.1 Å². The molecule has 2 aromatic carbocycles. The number of ether oxygens (including phenoxy) is 2. The molecule has 24 heavy (non-hydrogen) atoms. The van der Waals surface area contributed by atoms with E-state index in [2.05, 4.69) is 4.74 Å². The molecule has 0 amide bonds. The van der Waals surface area contributed by atoms with Gasteiger partial charge in [0.25, 0.3) is 0 Å². The maximum atomic E-state index is 12.4. The van der Waals surface area contributed by atoms with Crippen LogP contribution in [0.2, 0.25) is 0 Å². The lowest BCUT2D eigenvalue weighted by Crippen LogP contribution is -2.05. The molecule has 3 rings (SSSR count). The number of carbonyl (C=O) groups excluding carboxylic acids is 1. The minimum Gasteiger partial charge on any atom is -0.508 e. The molecule has 122 valence electrons. The first-order chi connectivity index (χ1) is 11.5. The van der Waals surface area contributed by atoms with Crippen molar-refractivity contribution in [2.75, 3.05) is 7.11 Å². The van der Waals surface area contributed by atoms with E-state index in [4.69, 9.17) is 9.15 Å². The lowest BCUT2D eigenvalue weighted by Gasteiger charge is -2.07. The normalized spacial score (nSPS) is 10.5. The van der Waals surface area contributed by atoms with Crippen molar-refractivity contribution in [2.45, 2.75) is 0 Å². The van der Waals surface area contributed by atoms with Crippen LogP contribution >= 0.6 is 0 Å². The Balaban J connectivity index is 1.97. The van der Waals surface area contributed by atoms with Crippen LogP contribution in [0.5, 0.6) is 23.0 Å². The number of carbonyl (C=O) groups is 1. The van der Waals surface area contributed by atoms with Gasteiger partial charge in [-0.15, -0.1) is 0 Å². The Morgan fingerprint density at radius 3 is 2.50 bits per heavy atom. The zero-order valence-electron chi connectivity index (χ0n) is 12.5. The van der Waals surface area contributed by atoms with Crippen LogP contribution in [-0.2, 0) is 4.74 Å². The largest absolute Gasteiger partial charge is 0.508 e. The fourth-order valence-electron chi connectivity index (χ4n) is 2.18. The van der Waals surface area contributed by atoms with Gasteiger partial charge < -0.3 is 24.1 Å². The highest BCUT2D eigenvalue weighted by Gasteiger charge is 2.14. The molecule has 0 aliphatic heterocycles. The average molecular weight is 328 g/mol. The first kappa shape index (κ1) is 15.4. The molecule has 7 nitrogen and oxygen atoms in total. The molecule has 0 unspecified atom stereocenters. The smallest absolute Gasteiger partial charge is 0.337 e. The number of hydrogen-bond donors (Lipinski definition) is 2. The van der Waals surface area contributed by atoms with Crippen LogP contribution in [-0.4, -0.2) is 23.3 Å². The van der Waals surface area contributed by atoms with E-state index in [0.29, 0.717) is 11.3 Å². The summed E-state index contributed by atoms with van der Waals surface area (Å²) in [6.45, 7) is 0. The summed E-state index contributed by atoms with van der Waals surface area (Å²) in [6, 6.07) is 8.21. The van der Waals surface area contributed by atoms with E-state index in [1.165, 1.54) is 37.4 Å². The molecule has 0 saturated heterocycles. The summed E-state index contributed by atoms with van der Waals surface area (Å²) in [5.41, 5.74) is -0.222. The summed E-state index contributed by atoms with van der Waals surface area (Å²) in [5, 5.41) is 19.1. The van der Waals surface area contributed by atoms with Gasteiger partial charge in [0.2, 0.25) is 11.2 Å². The van der Waals surface area contributed by atoms with Gasteiger partial charge >= 0.3 is 5.97 Å². The first-order valence-electron chi connectivity index (χ1n) is 6.83. The topological polar surface area (TPSA) is 106 Å². The van der Waals surface area contributed by atoms with Crippen LogP contribution in [0.3, 0.4) is 0 Å². The molecular weight excluding hydrogens is 316 g/mol. The van der Waals surface area contributed by atoms with Crippen LogP contribution < -0.4 is 10.2 Å². The van der Waals surface area contributed by atoms with Crippen molar-refractivity contribution in [3.05, 3.63) is 58.4 Å². The Morgan fingerprint density at radius 1 is 1.12 bits per heavy atom. The number of rotatable bonds is 3. The summed E-state index contributed by atoms with van der Waals surface area (Å²) in [6.07, 6.45) is 1.08. The molecule has 0 radical (unpaired) electrons. The van der Waals surface area contributed by atoms with E-state index in [1.807, 2.05) is 0 Å². The summed E-state index contributed by atoms with van der Waals surface area (Å²) in [5.74, 6) is -0.973. The zero-order chi connectivity index (χ0) is 17.3. The fourth-order valence-corrected chi connectivity index (χ4v) is 2.18. The van der Waals surface area contributed by atoms with Gasteiger partial charge in [0.15, 0.2) is 0 Å². The number of hydrogen-bond acceptors (Lipinski definition) is 7. The quantitative estimate of drug-likeness (QED) is 0.712. The van der Waals surface area contributed by atoms with Gasteiger partial charge in [-0.3, -0.25) is 4.79 Å². The number of aromatic hydroxyl groups is 2. The highest BCUT2D eigenvalue weighted by molar-refractivity contribution is 5.89. The van der Waals surface area contributed by atoms with Gasteiger partial charge in [0, 0.05) is 12.1 Å². The van der Waals surface area contributed by atoms with Gasteiger partial charge in [-0.25, -0.2) is 4.79 Å². The third-order valence-electron chi connectivity index (χ3n) is 3.31. The van der Waals surface area contributed by atoms with Crippen LogP contribution in [0.4, 0.5) is 0 Å². The lowest BCUT2D eigenvalue weighted by molar-refractivity contribution is 0.0600. The van der Waals surface area contributed by atoms with Crippen LogP contribution in [0.1, 0.15) is 10.4 Å². The SMILES string of the molecule is COC(=O)c1ccc(Oc2coc3cc(O)cc(O)c3c2=O)cc1. The molecule has 0 aliphatic carbocycles. The molecule has 0 atom stereocenters. The fraction of sp³-hybridized carbons (Fsp3) is 0.0588. The third-order valence-corrected chi connectivity index (χ3v) is 3.31. The molecule has 0 saturated carbocycles. The van der Waals surface area contributed by atoms with E-state index in [1.54, 1.807) is 0 Å². The van der Waals surface area contributed by atoms with Gasteiger partial charge in [0.1, 0.15) is 34.5 Å². The Hall–Kier alpha value is -3.48. The number of methoxy groups -OCH3 is 1. The van der Waals surface area contributed by atoms with Crippen molar-refractivity contribution in [2.24, 2.45) is 0 Å². The Bertz CT molecular complexity index is 971. The summed E-state index contributed by atoms with van der Waals surface area (Å²) in [7, 11) is 1.28. The van der Waals surface area contributed by atoms with Crippen molar-refractivity contribution in [3.8, 4) is 23.0 Å². The molecule has 0 aliphatic rings. The molecule has 0 bridgehead atoms. The maximum Gasteiger partial charge on any atom is 0.337 e. The highest BCUT2D eigenvalue weighted by Crippen LogP contribution is 2.30. The van der Waals surface area contributed by atoms with Crippen molar-refractivity contribution < 1.29 is 28.9 Å². The summed E-state index contributed by atoms with van der Waals surface area (Å²) < 4.78 is 15.2. The van der Waals surface area contributed by atoms with Gasteiger partial charge in [-0.1, -0.05) is 0 Å². The second kappa shape index (κ2) is 5.96. The average Bonchev–Trinajstić information content (AvgIpc) is 2.56. The van der Waals surface area contributed by atoms with Crippen LogP contribution in [0, 0.1) is 0 Å². The number of fused-ring (bicyclic) bond motifs is 1. The Morgan fingerprint density at radius 2 is 1.83 bits per heavy atom. The lowest BCUT2D eigenvalue weighted by atomic mass is 10.2. The van der Waals surface area contributed by atoms with Crippen molar-refractivity contribution >= 4 is 16.9 Å². The monoisotopic (exact) mass is 328 g/mol. The van der Waals surface area contributed by atoms with E-state index in [-0.39, 0.29) is 22.5 Å².